The third kappa shape index (κ3) is 11.2. The molecular formula is C41H76N2O13. The van der Waals surface area contributed by atoms with Crippen LogP contribution >= 0.6 is 0 Å². The Labute approximate surface area is 335 Å². The Hall–Kier alpha value is -1.50. The average Bonchev–Trinajstić information content (AvgIpc) is 3.09. The topological polar surface area (TPSA) is 175 Å². The second-order valence-electron chi connectivity index (χ2n) is 18.0. The van der Waals surface area contributed by atoms with E-state index in [0.29, 0.717) is 19.4 Å². The molecule has 0 aromatic rings. The molecule has 3 rings (SSSR count). The Morgan fingerprint density at radius 2 is 1.59 bits per heavy atom. The Morgan fingerprint density at radius 3 is 2.12 bits per heavy atom. The smallest absolute Gasteiger partial charge is 0.311 e. The maximum atomic E-state index is 14.4. The van der Waals surface area contributed by atoms with Gasteiger partial charge in [-0.15, -0.1) is 0 Å². The van der Waals surface area contributed by atoms with E-state index in [-0.39, 0.29) is 36.9 Å². The lowest BCUT2D eigenvalue weighted by Gasteiger charge is -2.49. The number of cyclic esters (lactones) is 1. The van der Waals surface area contributed by atoms with Crippen molar-refractivity contribution in [3.63, 3.8) is 0 Å². The summed E-state index contributed by atoms with van der Waals surface area (Å²) < 4.78 is 50.1. The third-order valence-corrected chi connectivity index (χ3v) is 12.7. The molecule has 3 aliphatic rings. The average molecular weight is 805 g/mol. The summed E-state index contributed by atoms with van der Waals surface area (Å²) in [6.07, 6.45) is -7.30. The van der Waals surface area contributed by atoms with Gasteiger partial charge in [-0.25, -0.2) is 0 Å². The summed E-state index contributed by atoms with van der Waals surface area (Å²) in [5.41, 5.74) is -4.18. The van der Waals surface area contributed by atoms with Gasteiger partial charge in [0.05, 0.1) is 47.6 Å². The van der Waals surface area contributed by atoms with Crippen molar-refractivity contribution >= 4 is 11.9 Å². The van der Waals surface area contributed by atoms with Crippen LogP contribution in [-0.4, -0.2) is 169 Å². The summed E-state index contributed by atoms with van der Waals surface area (Å²) >= 11 is 0. The monoisotopic (exact) mass is 805 g/mol. The molecule has 56 heavy (non-hydrogen) atoms. The lowest BCUT2D eigenvalue weighted by molar-refractivity contribution is -0.318. The van der Waals surface area contributed by atoms with Gasteiger partial charge in [0, 0.05) is 46.1 Å². The van der Waals surface area contributed by atoms with Crippen LogP contribution in [0.1, 0.15) is 102 Å². The number of aliphatic hydroxyl groups excluding tert-OH is 1. The number of methoxy groups -OCH3 is 2. The van der Waals surface area contributed by atoms with Gasteiger partial charge in [-0.05, 0) is 94.8 Å². The highest BCUT2D eigenvalue weighted by Crippen LogP contribution is 2.40. The van der Waals surface area contributed by atoms with Gasteiger partial charge in [0.1, 0.15) is 23.9 Å². The Bertz CT molecular complexity index is 1270. The zero-order valence-corrected chi connectivity index (χ0v) is 37.0. The van der Waals surface area contributed by atoms with Crippen molar-refractivity contribution in [2.45, 2.75) is 192 Å². The molecular weight excluding hydrogens is 728 g/mol. The van der Waals surface area contributed by atoms with E-state index >= 15 is 0 Å². The van der Waals surface area contributed by atoms with Gasteiger partial charge in [-0.3, -0.25) is 9.59 Å². The van der Waals surface area contributed by atoms with E-state index in [2.05, 4.69) is 4.90 Å². The molecule has 0 aromatic carbocycles. The second kappa shape index (κ2) is 19.7. The van der Waals surface area contributed by atoms with Crippen molar-refractivity contribution < 1.29 is 62.8 Å². The van der Waals surface area contributed by atoms with Gasteiger partial charge in [-0.2, -0.15) is 0 Å². The van der Waals surface area contributed by atoms with E-state index in [1.54, 1.807) is 34.6 Å². The predicted octanol–water partition coefficient (Wildman–Crippen LogP) is 3.13. The molecule has 18 atom stereocenters. The van der Waals surface area contributed by atoms with Crippen molar-refractivity contribution in [2.24, 2.45) is 17.8 Å². The van der Waals surface area contributed by atoms with Gasteiger partial charge in [0.2, 0.25) is 0 Å². The van der Waals surface area contributed by atoms with E-state index in [0.717, 1.165) is 0 Å². The van der Waals surface area contributed by atoms with Crippen LogP contribution in [0.2, 0.25) is 0 Å². The van der Waals surface area contributed by atoms with Crippen molar-refractivity contribution in [2.75, 3.05) is 41.9 Å². The number of aliphatic hydroxyl groups is 3. The standard InChI is InChI=1S/C41H76N2O13/c1-17-30-41(11,48)36(49-15)26(6)43(14)21-22(2)19-39(9,47)35(56-38-33(53-28(8)44)29(42(12)13)18-23(3)51-38)24(4)32(25(5)37(46)54-30)55-31-20-40(10,50-16)34(45)27(7)52-31/h22-27,29-36,38,45,47-48H,17-21H2,1-16H3/t22-,23-,24+,25-,26-,27+,29+,30-,31+,32+,33-,34?,35-,36-,38+,39-,40-,41-/m1/s1. The SMILES string of the molecule is CC[C@H]1OC(=O)[C@H](C)[C@@H](O[C@H]2C[C@@](C)(OC)C(O)[C@H](C)O2)[C@H](C)[C@@H](O[C@@H]2O[C@H](C)C[C@H](N(C)C)[C@H]2OC(C)=O)[C@](C)(O)C[C@@H](C)CN(C)[C@H](C)[C@@H](OC)[C@]1(C)O. The van der Waals surface area contributed by atoms with Gasteiger partial charge < -0.3 is 63.0 Å². The number of carbonyl (C=O) groups is 2. The highest BCUT2D eigenvalue weighted by atomic mass is 16.7. The number of nitrogens with zero attached hydrogens (tertiary/aromatic N) is 2. The largest absolute Gasteiger partial charge is 0.459 e. The molecule has 15 nitrogen and oxygen atoms in total. The van der Waals surface area contributed by atoms with Crippen LogP contribution in [0.5, 0.6) is 0 Å². The predicted molar refractivity (Wildman–Crippen MR) is 209 cm³/mol. The summed E-state index contributed by atoms with van der Waals surface area (Å²) in [4.78, 5) is 31.0. The Balaban J connectivity index is 2.24. The fraction of sp³-hybridized carbons (Fsp3) is 0.951. The molecule has 0 spiro atoms. The lowest BCUT2D eigenvalue weighted by Crippen LogP contribution is -2.61. The van der Waals surface area contributed by atoms with Crippen LogP contribution in [0.15, 0.2) is 0 Å². The molecule has 3 aliphatic heterocycles. The first-order chi connectivity index (χ1) is 25.8. The van der Waals surface area contributed by atoms with Crippen LogP contribution in [0, 0.1) is 17.8 Å². The van der Waals surface area contributed by atoms with Crippen LogP contribution < -0.4 is 0 Å². The number of carbonyl (C=O) groups excluding carboxylic acids is 2. The van der Waals surface area contributed by atoms with Gasteiger partial charge in [-0.1, -0.05) is 20.8 Å². The molecule has 0 amide bonds. The molecule has 3 fully saturated rings. The number of esters is 2. The summed E-state index contributed by atoms with van der Waals surface area (Å²) in [5.74, 6) is -3.01. The summed E-state index contributed by atoms with van der Waals surface area (Å²) in [6.45, 7) is 20.0. The molecule has 0 saturated carbocycles. The van der Waals surface area contributed by atoms with E-state index in [1.807, 2.05) is 60.7 Å². The van der Waals surface area contributed by atoms with Crippen LogP contribution in [-0.2, 0) is 47.5 Å². The second-order valence-corrected chi connectivity index (χ2v) is 18.0. The van der Waals surface area contributed by atoms with Gasteiger partial charge in [0.15, 0.2) is 18.7 Å². The van der Waals surface area contributed by atoms with E-state index < -0.39 is 95.9 Å². The maximum absolute atomic E-state index is 14.4. The Kier molecular flexibility index (Phi) is 17.2. The van der Waals surface area contributed by atoms with Crippen molar-refractivity contribution in [3.05, 3.63) is 0 Å². The van der Waals surface area contributed by atoms with Crippen molar-refractivity contribution in [3.8, 4) is 0 Å². The van der Waals surface area contributed by atoms with E-state index in [4.69, 9.17) is 37.9 Å². The molecule has 0 aromatic heterocycles. The molecule has 1 unspecified atom stereocenters. The highest BCUT2D eigenvalue weighted by Gasteiger charge is 2.53. The molecule has 3 heterocycles. The van der Waals surface area contributed by atoms with Crippen molar-refractivity contribution in [1.82, 2.24) is 9.80 Å². The first-order valence-corrected chi connectivity index (χ1v) is 20.4. The van der Waals surface area contributed by atoms with Crippen LogP contribution in [0.25, 0.3) is 0 Å². The molecule has 3 N–H and O–H groups in total. The molecule has 3 saturated heterocycles. The van der Waals surface area contributed by atoms with Gasteiger partial charge >= 0.3 is 11.9 Å². The molecule has 328 valence electrons. The summed E-state index contributed by atoms with van der Waals surface area (Å²) in [7, 11) is 8.79. The minimum Gasteiger partial charge on any atom is -0.459 e. The summed E-state index contributed by atoms with van der Waals surface area (Å²) in [5, 5.41) is 35.8. The number of ether oxygens (including phenoxy) is 8. The fourth-order valence-electron chi connectivity index (χ4n) is 9.46. The van der Waals surface area contributed by atoms with Gasteiger partial charge in [0.25, 0.3) is 0 Å². The normalized spacial score (nSPS) is 46.8. The summed E-state index contributed by atoms with van der Waals surface area (Å²) in [6, 6.07) is -0.576. The number of likely N-dealkylation sites (N-methyl/N-ethyl adjacent to an activating group) is 2. The fourth-order valence-corrected chi connectivity index (χ4v) is 9.46. The highest BCUT2D eigenvalue weighted by molar-refractivity contribution is 5.73. The first kappa shape index (κ1) is 48.9. The maximum Gasteiger partial charge on any atom is 0.311 e. The van der Waals surface area contributed by atoms with E-state index in [9.17, 15) is 24.9 Å². The number of hydrogen-bond donors (Lipinski definition) is 3. The molecule has 0 aliphatic carbocycles. The van der Waals surface area contributed by atoms with Crippen LogP contribution in [0.3, 0.4) is 0 Å². The zero-order valence-electron chi connectivity index (χ0n) is 37.0. The first-order valence-electron chi connectivity index (χ1n) is 20.4. The zero-order chi connectivity index (χ0) is 42.7. The Morgan fingerprint density at radius 1 is 0.964 bits per heavy atom. The molecule has 15 heteroatoms. The molecule has 0 bridgehead atoms. The van der Waals surface area contributed by atoms with Crippen molar-refractivity contribution in [1.29, 1.82) is 0 Å². The minimum atomic E-state index is -1.59. The third-order valence-electron chi connectivity index (χ3n) is 12.7. The number of hydrogen-bond acceptors (Lipinski definition) is 15. The van der Waals surface area contributed by atoms with Crippen LogP contribution in [0.4, 0.5) is 0 Å². The number of rotatable bonds is 9. The minimum absolute atomic E-state index is 0.114. The molecule has 0 radical (unpaired) electrons. The van der Waals surface area contributed by atoms with E-state index in [1.165, 1.54) is 21.1 Å². The lowest BCUT2D eigenvalue weighted by atomic mass is 9.77. The quantitative estimate of drug-likeness (QED) is 0.290.